The third-order valence-corrected chi connectivity index (χ3v) is 5.01. The molecule has 0 aliphatic rings. The number of hydrogen-bond acceptors (Lipinski definition) is 4. The minimum Gasteiger partial charge on any atom is -0.598 e. The fraction of sp³-hybridized carbons (Fsp3) is 0.538. The highest BCUT2D eigenvalue weighted by atomic mass is 35.5. The van der Waals surface area contributed by atoms with Crippen LogP contribution in [0.15, 0.2) is 12.1 Å². The predicted molar refractivity (Wildman–Crippen MR) is 82.6 cm³/mol. The Kier molecular flexibility index (Phi) is 5.95. The van der Waals surface area contributed by atoms with Crippen molar-refractivity contribution in [3.05, 3.63) is 38.4 Å². The van der Waals surface area contributed by atoms with Crippen molar-refractivity contribution in [3.63, 3.8) is 0 Å². The number of nitro groups is 1. The second-order valence-electron chi connectivity index (χ2n) is 5.87. The predicted octanol–water partition coefficient (Wildman–Crippen LogP) is 4.38. The molecular formula is C13H16ClF3N2O3S. The summed E-state index contributed by atoms with van der Waals surface area (Å²) < 4.78 is 53.0. The fourth-order valence-corrected chi connectivity index (χ4v) is 2.84. The van der Waals surface area contributed by atoms with Crippen molar-refractivity contribution < 1.29 is 22.6 Å². The zero-order chi connectivity index (χ0) is 18.2. The molecule has 0 spiro atoms. The number of rotatable bonds is 4. The molecule has 0 amide bonds. The summed E-state index contributed by atoms with van der Waals surface area (Å²) in [4.78, 5) is 9.93. The number of nitrogens with one attached hydrogen (secondary N) is 1. The third kappa shape index (κ3) is 4.97. The van der Waals surface area contributed by atoms with Crippen LogP contribution < -0.4 is 4.72 Å². The van der Waals surface area contributed by atoms with Gasteiger partial charge in [0.05, 0.1) is 21.6 Å². The van der Waals surface area contributed by atoms with Gasteiger partial charge in [0.1, 0.15) is 4.75 Å². The molecule has 1 aromatic rings. The van der Waals surface area contributed by atoms with Crippen LogP contribution in [0.1, 0.15) is 44.9 Å². The Morgan fingerprint density at radius 1 is 1.30 bits per heavy atom. The summed E-state index contributed by atoms with van der Waals surface area (Å²) in [5, 5.41) is 10.2. The summed E-state index contributed by atoms with van der Waals surface area (Å²) in [5.74, 6) is 0. The number of halogens is 4. The van der Waals surface area contributed by atoms with Crippen molar-refractivity contribution in [2.45, 2.75) is 44.7 Å². The lowest BCUT2D eigenvalue weighted by atomic mass is 10.0. The number of benzene rings is 1. The van der Waals surface area contributed by atoms with Crippen LogP contribution in [0.5, 0.6) is 0 Å². The van der Waals surface area contributed by atoms with E-state index < -0.39 is 49.5 Å². The van der Waals surface area contributed by atoms with E-state index in [1.165, 1.54) is 6.92 Å². The molecule has 0 radical (unpaired) electrons. The zero-order valence-corrected chi connectivity index (χ0v) is 14.4. The van der Waals surface area contributed by atoms with Crippen LogP contribution in [0.4, 0.5) is 18.9 Å². The fourth-order valence-electron chi connectivity index (χ4n) is 1.66. The maximum absolute atomic E-state index is 13.0. The second kappa shape index (κ2) is 6.84. The Hall–Kier alpha value is -1.03. The molecule has 0 bridgehead atoms. The average molecular weight is 373 g/mol. The first-order chi connectivity index (χ1) is 10.2. The Morgan fingerprint density at radius 2 is 1.83 bits per heavy atom. The molecule has 0 aromatic heterocycles. The molecule has 1 N–H and O–H groups in total. The Labute approximate surface area is 139 Å². The summed E-state index contributed by atoms with van der Waals surface area (Å²) in [7, 11) is 0. The highest BCUT2D eigenvalue weighted by molar-refractivity contribution is 7.90. The van der Waals surface area contributed by atoms with Gasteiger partial charge in [-0.1, -0.05) is 11.6 Å². The highest BCUT2D eigenvalue weighted by Gasteiger charge is 2.38. The van der Waals surface area contributed by atoms with Gasteiger partial charge in [0, 0.05) is 23.5 Å². The van der Waals surface area contributed by atoms with Crippen LogP contribution in [0.3, 0.4) is 0 Å². The van der Waals surface area contributed by atoms with Crippen molar-refractivity contribution >= 4 is 28.7 Å². The molecule has 0 heterocycles. The zero-order valence-electron chi connectivity index (χ0n) is 12.8. The molecular weight excluding hydrogens is 357 g/mol. The number of nitro benzene ring substituents is 1. The van der Waals surface area contributed by atoms with Gasteiger partial charge in [0.2, 0.25) is 0 Å². The summed E-state index contributed by atoms with van der Waals surface area (Å²) in [6.07, 6.45) is -4.83. The molecule has 10 heteroatoms. The lowest BCUT2D eigenvalue weighted by Crippen LogP contribution is -2.40. The molecule has 1 aromatic carbocycles. The number of nitrogens with zero attached hydrogens (tertiary/aromatic N) is 1. The SMILES string of the molecule is CC(N[S+]([O-])C(C)(C)C)c1cc([N+](=O)[O-])cc(C(F)(F)F)c1Cl. The largest absolute Gasteiger partial charge is 0.598 e. The van der Waals surface area contributed by atoms with Crippen LogP contribution in [0, 0.1) is 10.1 Å². The smallest absolute Gasteiger partial charge is 0.418 e. The van der Waals surface area contributed by atoms with Gasteiger partial charge in [-0.3, -0.25) is 10.1 Å². The number of alkyl halides is 3. The summed E-state index contributed by atoms with van der Waals surface area (Å²) >= 11 is 4.20. The van der Waals surface area contributed by atoms with Crippen molar-refractivity contribution in [2.24, 2.45) is 0 Å². The molecule has 2 unspecified atom stereocenters. The molecule has 5 nitrogen and oxygen atoms in total. The van der Waals surface area contributed by atoms with Gasteiger partial charge < -0.3 is 4.55 Å². The molecule has 0 saturated heterocycles. The van der Waals surface area contributed by atoms with E-state index in [1.54, 1.807) is 20.8 Å². The first-order valence-corrected chi connectivity index (χ1v) is 8.01. The third-order valence-electron chi connectivity index (χ3n) is 2.91. The Bertz CT molecular complexity index is 605. The normalized spacial score (nSPS) is 15.3. The molecule has 0 aliphatic heterocycles. The Balaban J connectivity index is 3.34. The van der Waals surface area contributed by atoms with Crippen LogP contribution in [-0.4, -0.2) is 14.2 Å². The van der Waals surface area contributed by atoms with Gasteiger partial charge in [0.25, 0.3) is 5.69 Å². The summed E-state index contributed by atoms with van der Waals surface area (Å²) in [6.45, 7) is 6.48. The number of non-ortho nitro benzene ring substituents is 1. The second-order valence-corrected chi connectivity index (χ2v) is 8.25. The molecule has 2 atom stereocenters. The van der Waals surface area contributed by atoms with E-state index in [2.05, 4.69) is 4.72 Å². The van der Waals surface area contributed by atoms with Crippen molar-refractivity contribution in [1.82, 2.24) is 4.72 Å². The van der Waals surface area contributed by atoms with Gasteiger partial charge in [-0.05, 0) is 33.3 Å². The van der Waals surface area contributed by atoms with Gasteiger partial charge in [0.15, 0.2) is 0 Å². The standard InChI is InChI=1S/C13H16ClF3N2O3S/c1-7(18-23(22)12(2,3)4)9-5-8(19(20)21)6-10(11(9)14)13(15,16)17/h5-7,18H,1-4H3. The van der Waals surface area contributed by atoms with Crippen LogP contribution in [0.2, 0.25) is 5.02 Å². The van der Waals surface area contributed by atoms with Crippen LogP contribution >= 0.6 is 11.6 Å². The van der Waals surface area contributed by atoms with Crippen LogP contribution in [0.25, 0.3) is 0 Å². The first kappa shape index (κ1) is 20.0. The molecule has 0 fully saturated rings. The van der Waals surface area contributed by atoms with Crippen molar-refractivity contribution in [2.75, 3.05) is 0 Å². The van der Waals surface area contributed by atoms with E-state index in [9.17, 15) is 27.8 Å². The topological polar surface area (TPSA) is 78.2 Å². The molecule has 23 heavy (non-hydrogen) atoms. The summed E-state index contributed by atoms with van der Waals surface area (Å²) in [5.41, 5.74) is -2.16. The maximum atomic E-state index is 13.0. The van der Waals surface area contributed by atoms with E-state index in [4.69, 9.17) is 11.6 Å². The van der Waals surface area contributed by atoms with Gasteiger partial charge in [-0.2, -0.15) is 13.2 Å². The lowest BCUT2D eigenvalue weighted by molar-refractivity contribution is -0.385. The van der Waals surface area contributed by atoms with Crippen molar-refractivity contribution in [3.8, 4) is 0 Å². The lowest BCUT2D eigenvalue weighted by Gasteiger charge is -2.27. The van der Waals surface area contributed by atoms with E-state index >= 15 is 0 Å². The quantitative estimate of drug-likeness (QED) is 0.483. The maximum Gasteiger partial charge on any atom is 0.418 e. The molecule has 130 valence electrons. The van der Waals surface area contributed by atoms with Gasteiger partial charge in [-0.15, -0.1) is 4.72 Å². The van der Waals surface area contributed by atoms with Gasteiger partial charge >= 0.3 is 6.18 Å². The van der Waals surface area contributed by atoms with E-state index in [1.807, 2.05) is 0 Å². The molecule has 0 aliphatic carbocycles. The minimum atomic E-state index is -4.83. The monoisotopic (exact) mass is 372 g/mol. The molecule has 1 rings (SSSR count). The summed E-state index contributed by atoms with van der Waals surface area (Å²) in [6, 6.07) is 0.470. The highest BCUT2D eigenvalue weighted by Crippen LogP contribution is 2.41. The van der Waals surface area contributed by atoms with Gasteiger partial charge in [-0.25, -0.2) is 0 Å². The number of hydrogen-bond donors (Lipinski definition) is 1. The van der Waals surface area contributed by atoms with E-state index in [-0.39, 0.29) is 5.56 Å². The van der Waals surface area contributed by atoms with E-state index in [0.717, 1.165) is 6.07 Å². The van der Waals surface area contributed by atoms with E-state index in [0.29, 0.717) is 6.07 Å². The minimum absolute atomic E-state index is 0.134. The Morgan fingerprint density at radius 3 is 2.22 bits per heavy atom. The first-order valence-electron chi connectivity index (χ1n) is 6.48. The van der Waals surface area contributed by atoms with Crippen LogP contribution in [-0.2, 0) is 17.5 Å². The van der Waals surface area contributed by atoms with Crippen molar-refractivity contribution in [1.29, 1.82) is 0 Å². The molecule has 0 saturated carbocycles. The average Bonchev–Trinajstić information content (AvgIpc) is 2.35.